The summed E-state index contributed by atoms with van der Waals surface area (Å²) in [6.07, 6.45) is 7.10. The van der Waals surface area contributed by atoms with E-state index in [4.69, 9.17) is 9.41 Å². The molecule has 2 heterocycles. The number of aliphatic imine (C=N–C) groups is 1. The summed E-state index contributed by atoms with van der Waals surface area (Å²) in [5, 5.41) is 7.23. The van der Waals surface area contributed by atoms with Crippen LogP contribution in [-0.4, -0.2) is 49.0 Å². The lowest BCUT2D eigenvalue weighted by atomic mass is 9.88. The van der Waals surface area contributed by atoms with Crippen LogP contribution < -0.4 is 10.6 Å². The zero-order chi connectivity index (χ0) is 20.1. The standard InChI is InChI=1S/C23H30N4O2/c1-27-16-20(10-11-22(27)28)26-23(24-13-12-21-7-4-14-29-21)25-19-9-8-17-5-2-3-6-18(17)15-19/h2-7,14,19-20H,8-13,15-16H2,1H3,(H2,24,25,26). The van der Waals surface area contributed by atoms with Crippen LogP contribution in [0.3, 0.4) is 0 Å². The van der Waals surface area contributed by atoms with E-state index in [1.54, 1.807) is 11.2 Å². The van der Waals surface area contributed by atoms with Crippen LogP contribution in [0.2, 0.25) is 0 Å². The minimum absolute atomic E-state index is 0.219. The Labute approximate surface area is 172 Å². The average Bonchev–Trinajstić information content (AvgIpc) is 3.24. The number of hydrogen-bond acceptors (Lipinski definition) is 3. The van der Waals surface area contributed by atoms with Gasteiger partial charge in [0, 0.05) is 45.1 Å². The van der Waals surface area contributed by atoms with Crippen LogP contribution in [-0.2, 0) is 24.1 Å². The first kappa shape index (κ1) is 19.6. The molecule has 0 bridgehead atoms. The Morgan fingerprint density at radius 2 is 1.90 bits per heavy atom. The van der Waals surface area contributed by atoms with E-state index in [2.05, 4.69) is 34.9 Å². The number of piperidine rings is 1. The van der Waals surface area contributed by atoms with Crippen LogP contribution in [0.15, 0.2) is 52.1 Å². The fourth-order valence-corrected chi connectivity index (χ4v) is 4.20. The molecule has 6 heteroatoms. The van der Waals surface area contributed by atoms with E-state index in [0.29, 0.717) is 25.6 Å². The molecule has 2 aliphatic rings. The summed E-state index contributed by atoms with van der Waals surface area (Å²) in [6.45, 7) is 1.37. The Kier molecular flexibility index (Phi) is 6.17. The van der Waals surface area contributed by atoms with Crippen LogP contribution in [0.25, 0.3) is 0 Å². The summed E-state index contributed by atoms with van der Waals surface area (Å²) in [5.41, 5.74) is 2.89. The second-order valence-electron chi connectivity index (χ2n) is 8.07. The number of likely N-dealkylation sites (tertiary alicyclic amines) is 1. The number of rotatable bonds is 5. The largest absolute Gasteiger partial charge is 0.469 e. The maximum Gasteiger partial charge on any atom is 0.222 e. The molecule has 1 aliphatic carbocycles. The van der Waals surface area contributed by atoms with E-state index in [1.807, 2.05) is 19.2 Å². The molecular formula is C23H30N4O2. The van der Waals surface area contributed by atoms with E-state index in [1.165, 1.54) is 11.1 Å². The number of aryl methyl sites for hydroxylation is 1. The third-order valence-corrected chi connectivity index (χ3v) is 5.86. The van der Waals surface area contributed by atoms with Gasteiger partial charge >= 0.3 is 0 Å². The van der Waals surface area contributed by atoms with Crippen molar-refractivity contribution in [1.82, 2.24) is 15.5 Å². The Morgan fingerprint density at radius 3 is 2.69 bits per heavy atom. The van der Waals surface area contributed by atoms with Gasteiger partial charge in [0.15, 0.2) is 5.96 Å². The van der Waals surface area contributed by atoms with E-state index in [-0.39, 0.29) is 11.9 Å². The molecular weight excluding hydrogens is 364 g/mol. The van der Waals surface area contributed by atoms with Crippen molar-refractivity contribution in [1.29, 1.82) is 0 Å². The second kappa shape index (κ2) is 9.16. The van der Waals surface area contributed by atoms with Crippen molar-refractivity contribution in [3.05, 3.63) is 59.5 Å². The number of guanidine groups is 1. The van der Waals surface area contributed by atoms with Crippen LogP contribution in [0, 0.1) is 0 Å². The highest BCUT2D eigenvalue weighted by Crippen LogP contribution is 2.21. The maximum atomic E-state index is 11.8. The Bertz CT molecular complexity index is 846. The SMILES string of the molecule is CN1CC(NC(=NCCc2ccco2)NC2CCc3ccccc3C2)CCC1=O. The molecule has 154 valence electrons. The molecule has 2 aromatic rings. The molecule has 1 amide bonds. The molecule has 2 atom stereocenters. The number of furan rings is 1. The highest BCUT2D eigenvalue weighted by molar-refractivity contribution is 5.81. The van der Waals surface area contributed by atoms with Crippen molar-refractivity contribution in [2.45, 2.75) is 50.6 Å². The van der Waals surface area contributed by atoms with Gasteiger partial charge in [-0.3, -0.25) is 9.79 Å². The van der Waals surface area contributed by atoms with Crippen molar-refractivity contribution in [2.24, 2.45) is 4.99 Å². The molecule has 6 nitrogen and oxygen atoms in total. The molecule has 2 unspecified atom stereocenters. The van der Waals surface area contributed by atoms with E-state index >= 15 is 0 Å². The van der Waals surface area contributed by atoms with E-state index in [9.17, 15) is 4.79 Å². The molecule has 4 rings (SSSR count). The quantitative estimate of drug-likeness (QED) is 0.604. The Hall–Kier alpha value is -2.76. The second-order valence-corrected chi connectivity index (χ2v) is 8.07. The van der Waals surface area contributed by atoms with Crippen LogP contribution in [0.1, 0.15) is 36.1 Å². The van der Waals surface area contributed by atoms with Gasteiger partial charge in [0.1, 0.15) is 5.76 Å². The summed E-state index contributed by atoms with van der Waals surface area (Å²) < 4.78 is 5.43. The fourth-order valence-electron chi connectivity index (χ4n) is 4.20. The zero-order valence-corrected chi connectivity index (χ0v) is 17.1. The van der Waals surface area contributed by atoms with Crippen LogP contribution in [0.4, 0.5) is 0 Å². The van der Waals surface area contributed by atoms with Gasteiger partial charge in [0.25, 0.3) is 0 Å². The number of nitrogens with zero attached hydrogens (tertiary/aromatic N) is 2. The molecule has 1 saturated heterocycles. The number of fused-ring (bicyclic) bond motifs is 1. The van der Waals surface area contributed by atoms with E-state index in [0.717, 1.165) is 43.8 Å². The third-order valence-electron chi connectivity index (χ3n) is 5.86. The monoisotopic (exact) mass is 394 g/mol. The summed E-state index contributed by atoms with van der Waals surface area (Å²) in [4.78, 5) is 18.4. The number of carbonyl (C=O) groups is 1. The maximum absolute atomic E-state index is 11.8. The predicted octanol–water partition coefficient (Wildman–Crippen LogP) is 2.54. The van der Waals surface area contributed by atoms with Gasteiger partial charge in [0.2, 0.25) is 5.91 Å². The van der Waals surface area contributed by atoms with Crippen molar-refractivity contribution in [3.63, 3.8) is 0 Å². The first-order chi connectivity index (χ1) is 14.2. The highest BCUT2D eigenvalue weighted by atomic mass is 16.3. The average molecular weight is 395 g/mol. The summed E-state index contributed by atoms with van der Waals surface area (Å²) in [6, 6.07) is 13.2. The Balaban J connectivity index is 1.40. The number of hydrogen-bond donors (Lipinski definition) is 2. The van der Waals surface area contributed by atoms with Gasteiger partial charge in [0.05, 0.1) is 6.26 Å². The molecule has 0 saturated carbocycles. The van der Waals surface area contributed by atoms with Gasteiger partial charge in [-0.2, -0.15) is 0 Å². The molecule has 1 fully saturated rings. The zero-order valence-electron chi connectivity index (χ0n) is 17.1. The van der Waals surface area contributed by atoms with Gasteiger partial charge in [-0.05, 0) is 48.9 Å². The van der Waals surface area contributed by atoms with Crippen molar-refractivity contribution in [3.8, 4) is 0 Å². The molecule has 29 heavy (non-hydrogen) atoms. The lowest BCUT2D eigenvalue weighted by Crippen LogP contribution is -2.54. The first-order valence-corrected chi connectivity index (χ1v) is 10.6. The summed E-state index contributed by atoms with van der Waals surface area (Å²) >= 11 is 0. The lowest BCUT2D eigenvalue weighted by Gasteiger charge is -2.33. The number of nitrogens with one attached hydrogen (secondary N) is 2. The molecule has 1 aromatic heterocycles. The molecule has 0 spiro atoms. The topological polar surface area (TPSA) is 69.9 Å². The number of carbonyl (C=O) groups excluding carboxylic acids is 1. The van der Waals surface area contributed by atoms with Crippen molar-refractivity contribution >= 4 is 11.9 Å². The normalized spacial score (nSPS) is 22.3. The molecule has 1 aromatic carbocycles. The first-order valence-electron chi connectivity index (χ1n) is 10.6. The van der Waals surface area contributed by atoms with Gasteiger partial charge < -0.3 is 20.0 Å². The minimum Gasteiger partial charge on any atom is -0.469 e. The lowest BCUT2D eigenvalue weighted by molar-refractivity contribution is -0.132. The van der Waals surface area contributed by atoms with Gasteiger partial charge in [-0.1, -0.05) is 24.3 Å². The van der Waals surface area contributed by atoms with Gasteiger partial charge in [-0.25, -0.2) is 0 Å². The minimum atomic E-state index is 0.219. The van der Waals surface area contributed by atoms with Crippen LogP contribution in [0.5, 0.6) is 0 Å². The molecule has 2 N–H and O–H groups in total. The third kappa shape index (κ3) is 5.19. The predicted molar refractivity (Wildman–Crippen MR) is 114 cm³/mol. The van der Waals surface area contributed by atoms with Gasteiger partial charge in [-0.15, -0.1) is 0 Å². The summed E-state index contributed by atoms with van der Waals surface area (Å²) in [5.74, 6) is 2.01. The van der Waals surface area contributed by atoms with E-state index < -0.39 is 0 Å². The molecule has 0 radical (unpaired) electrons. The Morgan fingerprint density at radius 1 is 1.10 bits per heavy atom. The number of likely N-dealkylation sites (N-methyl/N-ethyl adjacent to an activating group) is 1. The summed E-state index contributed by atoms with van der Waals surface area (Å²) in [7, 11) is 1.87. The van der Waals surface area contributed by atoms with Crippen molar-refractivity contribution < 1.29 is 9.21 Å². The number of amides is 1. The highest BCUT2D eigenvalue weighted by Gasteiger charge is 2.25. The fraction of sp³-hybridized carbons (Fsp3) is 0.478. The smallest absolute Gasteiger partial charge is 0.222 e. The molecule has 1 aliphatic heterocycles. The number of benzene rings is 1. The van der Waals surface area contributed by atoms with Crippen molar-refractivity contribution in [2.75, 3.05) is 20.1 Å². The van der Waals surface area contributed by atoms with Crippen LogP contribution >= 0.6 is 0 Å².